The van der Waals surface area contributed by atoms with Gasteiger partial charge in [-0.15, -0.1) is 0 Å². The number of halogens is 2. The highest BCUT2D eigenvalue weighted by molar-refractivity contribution is 5.84. The van der Waals surface area contributed by atoms with Gasteiger partial charge in [0.15, 0.2) is 17.3 Å². The van der Waals surface area contributed by atoms with Crippen LogP contribution in [0.4, 0.5) is 20.4 Å². The molecule has 0 atom stereocenters. The third-order valence-corrected chi connectivity index (χ3v) is 5.76. The molecule has 1 aromatic carbocycles. The van der Waals surface area contributed by atoms with Crippen molar-refractivity contribution in [3.05, 3.63) is 53.6 Å². The van der Waals surface area contributed by atoms with Crippen molar-refractivity contribution >= 4 is 17.5 Å². The van der Waals surface area contributed by atoms with Crippen molar-refractivity contribution in [2.24, 2.45) is 0 Å². The van der Waals surface area contributed by atoms with Crippen LogP contribution in [0.1, 0.15) is 25.0 Å². The van der Waals surface area contributed by atoms with Crippen molar-refractivity contribution in [1.29, 1.82) is 0 Å². The predicted molar refractivity (Wildman–Crippen MR) is 121 cm³/mol. The number of ether oxygens (including phenoxy) is 2. The van der Waals surface area contributed by atoms with Gasteiger partial charge in [-0.2, -0.15) is 5.10 Å². The fourth-order valence-electron chi connectivity index (χ4n) is 3.62. The Bertz CT molecular complexity index is 1230. The summed E-state index contributed by atoms with van der Waals surface area (Å²) in [7, 11) is 1.31. The summed E-state index contributed by atoms with van der Waals surface area (Å²) in [6, 6.07) is 1.28. The van der Waals surface area contributed by atoms with E-state index in [1.807, 2.05) is 0 Å². The van der Waals surface area contributed by atoms with Crippen LogP contribution in [-0.2, 0) is 16.9 Å². The molecule has 35 heavy (non-hydrogen) atoms. The second-order valence-corrected chi connectivity index (χ2v) is 8.75. The van der Waals surface area contributed by atoms with Crippen LogP contribution in [-0.4, -0.2) is 62.0 Å². The largest absolute Gasteiger partial charge is 0.494 e. The number of amides is 1. The number of rotatable bonds is 8. The van der Waals surface area contributed by atoms with E-state index in [0.717, 1.165) is 0 Å². The summed E-state index contributed by atoms with van der Waals surface area (Å²) in [5, 5.41) is 16.7. The van der Waals surface area contributed by atoms with Crippen LogP contribution < -0.4 is 14.8 Å². The molecule has 0 bridgehead atoms. The molecule has 4 rings (SSSR count). The molecule has 12 heteroatoms. The van der Waals surface area contributed by atoms with Crippen LogP contribution in [0.15, 0.2) is 30.9 Å². The number of hydrogen-bond acceptors (Lipinski definition) is 8. The van der Waals surface area contributed by atoms with Gasteiger partial charge in [0.2, 0.25) is 11.9 Å². The number of β-amino-alcohol motifs (C(OH)–C–C–N with tert-alkyl or cyclic N) is 1. The number of anilines is 2. The first-order chi connectivity index (χ1) is 16.6. The molecule has 0 unspecified atom stereocenters. The van der Waals surface area contributed by atoms with Gasteiger partial charge in [0.1, 0.15) is 18.0 Å². The zero-order valence-electron chi connectivity index (χ0n) is 19.7. The predicted octanol–water partition coefficient (Wildman–Crippen LogP) is 2.53. The Labute approximate surface area is 200 Å². The maximum atomic E-state index is 14.4. The number of nitrogens with zero attached hydrogens (tertiary/aromatic N) is 5. The summed E-state index contributed by atoms with van der Waals surface area (Å²) < 4.78 is 40.7. The van der Waals surface area contributed by atoms with E-state index in [2.05, 4.69) is 20.4 Å². The standard InChI is InChI=1S/C23H26F2N6O4/c1-13-5-18(34-4)20(25)17(19(13)24)12-35-16-7-26-22(27-8-16)29-14-6-28-31(9-14)23(2,3)21(33)30-10-15(32)11-30/h5-9,15,32H,10-12H2,1-4H3,(H,26,27,29). The Balaban J connectivity index is 1.39. The maximum Gasteiger partial charge on any atom is 0.250 e. The van der Waals surface area contributed by atoms with Gasteiger partial charge in [-0.05, 0) is 32.4 Å². The number of carbonyl (C=O) groups is 1. The first-order valence-electron chi connectivity index (χ1n) is 10.9. The molecule has 3 aromatic rings. The summed E-state index contributed by atoms with van der Waals surface area (Å²) in [6.07, 6.45) is 5.44. The molecular formula is C23H26F2N6O4. The third-order valence-electron chi connectivity index (χ3n) is 5.76. The topological polar surface area (TPSA) is 115 Å². The number of carbonyl (C=O) groups excluding carboxylic acids is 1. The van der Waals surface area contributed by atoms with Gasteiger partial charge < -0.3 is 24.8 Å². The molecule has 3 heterocycles. The maximum absolute atomic E-state index is 14.4. The minimum absolute atomic E-state index is 0.0637. The minimum atomic E-state index is -0.943. The van der Waals surface area contributed by atoms with Gasteiger partial charge in [-0.3, -0.25) is 9.48 Å². The number of hydrogen-bond donors (Lipinski definition) is 2. The van der Waals surface area contributed by atoms with Crippen molar-refractivity contribution in [3.8, 4) is 11.5 Å². The van der Waals surface area contributed by atoms with E-state index >= 15 is 0 Å². The quantitative estimate of drug-likeness (QED) is 0.497. The summed E-state index contributed by atoms with van der Waals surface area (Å²) in [5.74, 6) is -1.28. The van der Waals surface area contributed by atoms with E-state index in [0.29, 0.717) is 18.8 Å². The molecule has 1 aliphatic heterocycles. The van der Waals surface area contributed by atoms with E-state index in [1.165, 1.54) is 43.4 Å². The van der Waals surface area contributed by atoms with Crippen molar-refractivity contribution < 1.29 is 28.2 Å². The van der Waals surface area contributed by atoms with Crippen LogP contribution >= 0.6 is 0 Å². The normalized spacial score (nSPS) is 14.0. The molecule has 1 saturated heterocycles. The second-order valence-electron chi connectivity index (χ2n) is 8.75. The molecule has 0 saturated carbocycles. The van der Waals surface area contributed by atoms with E-state index in [-0.39, 0.29) is 41.1 Å². The number of aromatic nitrogens is 4. The van der Waals surface area contributed by atoms with Gasteiger partial charge in [0, 0.05) is 19.3 Å². The summed E-state index contributed by atoms with van der Waals surface area (Å²) >= 11 is 0. The number of benzene rings is 1. The molecule has 2 aromatic heterocycles. The smallest absolute Gasteiger partial charge is 0.250 e. The van der Waals surface area contributed by atoms with Gasteiger partial charge in [-0.1, -0.05) is 0 Å². The Morgan fingerprint density at radius 3 is 2.54 bits per heavy atom. The van der Waals surface area contributed by atoms with E-state index in [4.69, 9.17) is 9.47 Å². The molecular weight excluding hydrogens is 462 g/mol. The van der Waals surface area contributed by atoms with Gasteiger partial charge in [0.25, 0.3) is 0 Å². The molecule has 0 spiro atoms. The highest BCUT2D eigenvalue weighted by Crippen LogP contribution is 2.28. The lowest BCUT2D eigenvalue weighted by atomic mass is 10.0. The van der Waals surface area contributed by atoms with Gasteiger partial charge >= 0.3 is 0 Å². The van der Waals surface area contributed by atoms with Gasteiger partial charge in [0.05, 0.1) is 43.1 Å². The van der Waals surface area contributed by atoms with Crippen molar-refractivity contribution in [3.63, 3.8) is 0 Å². The van der Waals surface area contributed by atoms with Crippen LogP contribution in [0.2, 0.25) is 0 Å². The first kappa shape index (κ1) is 24.3. The summed E-state index contributed by atoms with van der Waals surface area (Å²) in [6.45, 7) is 5.26. The highest BCUT2D eigenvalue weighted by atomic mass is 19.1. The molecule has 0 aliphatic carbocycles. The lowest BCUT2D eigenvalue weighted by Crippen LogP contribution is -2.59. The average Bonchev–Trinajstić information content (AvgIpc) is 3.29. The fourth-order valence-corrected chi connectivity index (χ4v) is 3.62. The van der Waals surface area contributed by atoms with Crippen molar-refractivity contribution in [2.75, 3.05) is 25.5 Å². The highest BCUT2D eigenvalue weighted by Gasteiger charge is 2.39. The number of methoxy groups -OCH3 is 1. The van der Waals surface area contributed by atoms with Crippen molar-refractivity contribution in [2.45, 2.75) is 39.0 Å². The zero-order chi connectivity index (χ0) is 25.3. The second kappa shape index (κ2) is 9.45. The number of nitrogens with one attached hydrogen (secondary N) is 1. The molecule has 1 amide bonds. The van der Waals surface area contributed by atoms with Crippen LogP contribution in [0.3, 0.4) is 0 Å². The SMILES string of the molecule is COc1cc(C)c(F)c(COc2cnc(Nc3cnn(C(C)(C)C(=O)N4CC(O)C4)c3)nc2)c1F. The number of aliphatic hydroxyl groups is 1. The van der Waals surface area contributed by atoms with Crippen LogP contribution in [0, 0.1) is 18.6 Å². The van der Waals surface area contributed by atoms with Gasteiger partial charge in [-0.25, -0.2) is 18.7 Å². The monoisotopic (exact) mass is 488 g/mol. The molecule has 2 N–H and O–H groups in total. The molecule has 1 aliphatic rings. The minimum Gasteiger partial charge on any atom is -0.494 e. The van der Waals surface area contributed by atoms with Crippen LogP contribution in [0.25, 0.3) is 0 Å². The van der Waals surface area contributed by atoms with E-state index < -0.39 is 23.3 Å². The Kier molecular flexibility index (Phi) is 6.57. The number of aryl methyl sites for hydroxylation is 1. The molecule has 186 valence electrons. The third kappa shape index (κ3) is 4.87. The Morgan fingerprint density at radius 1 is 1.23 bits per heavy atom. The van der Waals surface area contributed by atoms with E-state index in [1.54, 1.807) is 24.9 Å². The van der Waals surface area contributed by atoms with Crippen LogP contribution in [0.5, 0.6) is 11.5 Å². The summed E-state index contributed by atoms with van der Waals surface area (Å²) in [5.41, 5.74) is -0.396. The fraction of sp³-hybridized carbons (Fsp3) is 0.391. The molecule has 10 nitrogen and oxygen atoms in total. The Morgan fingerprint density at radius 2 is 1.91 bits per heavy atom. The lowest BCUT2D eigenvalue weighted by Gasteiger charge is -2.40. The number of aliphatic hydroxyl groups excluding tert-OH is 1. The van der Waals surface area contributed by atoms with E-state index in [9.17, 15) is 18.7 Å². The Hall–Kier alpha value is -3.80. The first-order valence-corrected chi connectivity index (χ1v) is 10.9. The number of likely N-dealkylation sites (tertiary alicyclic amines) is 1. The summed E-state index contributed by atoms with van der Waals surface area (Å²) in [4.78, 5) is 22.6. The lowest BCUT2D eigenvalue weighted by molar-refractivity contribution is -0.150. The van der Waals surface area contributed by atoms with Crippen molar-refractivity contribution in [1.82, 2.24) is 24.6 Å². The molecule has 1 fully saturated rings. The zero-order valence-corrected chi connectivity index (χ0v) is 19.7. The molecule has 0 radical (unpaired) electrons. The average molecular weight is 488 g/mol.